The number of nitrogens with two attached hydrogens (primary N) is 1. The summed E-state index contributed by atoms with van der Waals surface area (Å²) in [5.41, 5.74) is 8.70. The van der Waals surface area contributed by atoms with Gasteiger partial charge in [0.15, 0.2) is 0 Å². The number of nitrogens with one attached hydrogen (secondary N) is 1. The third kappa shape index (κ3) is 4.41. The summed E-state index contributed by atoms with van der Waals surface area (Å²) in [4.78, 5) is 37.5. The van der Waals surface area contributed by atoms with Crippen LogP contribution in [-0.2, 0) is 9.59 Å². The van der Waals surface area contributed by atoms with Gasteiger partial charge in [-0.15, -0.1) is 11.3 Å². The van der Waals surface area contributed by atoms with Crippen LogP contribution in [0, 0.1) is 18.8 Å². The Hall–Kier alpha value is -2.67. The molecule has 2 aromatic rings. The quantitative estimate of drug-likeness (QED) is 0.735. The summed E-state index contributed by atoms with van der Waals surface area (Å²) >= 11 is 1.28. The number of hydrogen-bond donors (Lipinski definition) is 2. The predicted octanol–water partition coefficient (Wildman–Crippen LogP) is 3.44. The fourth-order valence-corrected chi connectivity index (χ4v) is 5.27. The van der Waals surface area contributed by atoms with Gasteiger partial charge < -0.3 is 21.0 Å². The second-order valence-electron chi connectivity index (χ2n) is 8.18. The zero-order valence-corrected chi connectivity index (χ0v) is 18.3. The van der Waals surface area contributed by atoms with E-state index in [1.165, 1.54) is 16.9 Å². The number of primary amides is 1. The Balaban J connectivity index is 1.94. The van der Waals surface area contributed by atoms with Crippen molar-refractivity contribution < 1.29 is 19.5 Å². The summed E-state index contributed by atoms with van der Waals surface area (Å²) in [6.07, 6.45) is 2.48. The Morgan fingerprint density at radius 2 is 1.70 bits per heavy atom. The molecular formula is C23H27N2O4S-. The molecule has 30 heavy (non-hydrogen) atoms. The first kappa shape index (κ1) is 22.0. The van der Waals surface area contributed by atoms with Crippen molar-refractivity contribution >= 4 is 34.1 Å². The summed E-state index contributed by atoms with van der Waals surface area (Å²) in [5.74, 6) is -3.30. The Kier molecular flexibility index (Phi) is 6.61. The van der Waals surface area contributed by atoms with Crippen LogP contribution in [0.15, 0.2) is 24.3 Å². The number of carbonyl (C=O) groups is 3. The minimum Gasteiger partial charge on any atom is -0.550 e. The minimum atomic E-state index is -1.20. The van der Waals surface area contributed by atoms with Crippen LogP contribution in [0.3, 0.4) is 0 Å². The monoisotopic (exact) mass is 427 g/mol. The van der Waals surface area contributed by atoms with Crippen molar-refractivity contribution in [1.82, 2.24) is 0 Å². The number of aliphatic carboxylic acids is 1. The van der Waals surface area contributed by atoms with Crippen LogP contribution in [0.25, 0.3) is 11.1 Å². The van der Waals surface area contributed by atoms with Crippen LogP contribution in [-0.4, -0.2) is 17.8 Å². The second-order valence-corrected chi connectivity index (χ2v) is 9.41. The molecule has 0 radical (unpaired) electrons. The van der Waals surface area contributed by atoms with Crippen molar-refractivity contribution in [3.05, 3.63) is 40.3 Å². The molecule has 3 rings (SSSR count). The topological polar surface area (TPSA) is 112 Å². The lowest BCUT2D eigenvalue weighted by Gasteiger charge is -2.31. The molecule has 2 unspecified atom stereocenters. The summed E-state index contributed by atoms with van der Waals surface area (Å²) in [6.45, 7) is 6.10. The maximum Gasteiger partial charge on any atom is 0.252 e. The van der Waals surface area contributed by atoms with Gasteiger partial charge in [-0.3, -0.25) is 9.59 Å². The second kappa shape index (κ2) is 9.00. The number of carboxylic acids is 1. The maximum atomic E-state index is 12.9. The Bertz CT molecular complexity index is 962. The van der Waals surface area contributed by atoms with E-state index < -0.39 is 29.6 Å². The van der Waals surface area contributed by atoms with E-state index in [1.54, 1.807) is 0 Å². The lowest BCUT2D eigenvalue weighted by atomic mass is 9.78. The van der Waals surface area contributed by atoms with E-state index in [4.69, 9.17) is 5.73 Å². The van der Waals surface area contributed by atoms with Gasteiger partial charge in [0.1, 0.15) is 5.00 Å². The van der Waals surface area contributed by atoms with E-state index in [0.717, 1.165) is 23.3 Å². The molecule has 3 N–H and O–H groups in total. The molecule has 7 heteroatoms. The molecule has 1 heterocycles. The molecule has 0 spiro atoms. The lowest BCUT2D eigenvalue weighted by molar-refractivity contribution is -0.313. The zero-order valence-electron chi connectivity index (χ0n) is 17.5. The lowest BCUT2D eigenvalue weighted by Crippen LogP contribution is -2.42. The van der Waals surface area contributed by atoms with Gasteiger partial charge in [0, 0.05) is 28.2 Å². The summed E-state index contributed by atoms with van der Waals surface area (Å²) in [5, 5.41) is 14.6. The number of carboxylic acid groups (broad SMARTS) is 1. The van der Waals surface area contributed by atoms with Gasteiger partial charge in [0.2, 0.25) is 5.91 Å². The number of amides is 2. The average molecular weight is 428 g/mol. The van der Waals surface area contributed by atoms with Gasteiger partial charge in [-0.2, -0.15) is 0 Å². The molecule has 2 amide bonds. The Labute approximate surface area is 180 Å². The highest BCUT2D eigenvalue weighted by molar-refractivity contribution is 7.17. The van der Waals surface area contributed by atoms with Crippen LogP contribution in [0.1, 0.15) is 66.2 Å². The van der Waals surface area contributed by atoms with Crippen LogP contribution < -0.4 is 16.2 Å². The number of carbonyl (C=O) groups excluding carboxylic acids is 3. The van der Waals surface area contributed by atoms with E-state index in [9.17, 15) is 19.5 Å². The fraction of sp³-hybridized carbons (Fsp3) is 0.435. The SMILES string of the molecule is Cc1sc(NC(=O)C2CCCCC2C(=O)[O-])c(C(N)=O)c1-c1ccc(C(C)C)cc1. The van der Waals surface area contributed by atoms with Crippen molar-refractivity contribution in [2.75, 3.05) is 5.32 Å². The van der Waals surface area contributed by atoms with Gasteiger partial charge in [0.05, 0.1) is 5.56 Å². The molecular weight excluding hydrogens is 400 g/mol. The van der Waals surface area contributed by atoms with Crippen LogP contribution >= 0.6 is 11.3 Å². The van der Waals surface area contributed by atoms with Crippen LogP contribution in [0.2, 0.25) is 0 Å². The number of benzene rings is 1. The zero-order chi connectivity index (χ0) is 22.0. The molecule has 160 valence electrons. The van der Waals surface area contributed by atoms with E-state index >= 15 is 0 Å². The van der Waals surface area contributed by atoms with Crippen LogP contribution in [0.4, 0.5) is 5.00 Å². The number of aryl methyl sites for hydroxylation is 1. The first-order chi connectivity index (χ1) is 14.2. The van der Waals surface area contributed by atoms with E-state index in [2.05, 4.69) is 19.2 Å². The van der Waals surface area contributed by atoms with Crippen molar-refractivity contribution in [1.29, 1.82) is 0 Å². The molecule has 1 aromatic heterocycles. The predicted molar refractivity (Wildman–Crippen MR) is 116 cm³/mol. The smallest absolute Gasteiger partial charge is 0.252 e. The molecule has 1 saturated carbocycles. The average Bonchev–Trinajstić information content (AvgIpc) is 3.03. The molecule has 2 atom stereocenters. The maximum absolute atomic E-state index is 12.9. The normalized spacial score (nSPS) is 18.9. The van der Waals surface area contributed by atoms with Gasteiger partial charge in [-0.25, -0.2) is 0 Å². The summed E-state index contributed by atoms with van der Waals surface area (Å²) in [6, 6.07) is 7.95. The highest BCUT2D eigenvalue weighted by Crippen LogP contribution is 2.41. The standard InChI is InChI=1S/C23H28N2O4S/c1-12(2)14-8-10-15(11-9-14)18-13(3)30-22(19(18)20(24)26)25-21(27)16-6-4-5-7-17(16)23(28)29/h8-12,16-17H,4-7H2,1-3H3,(H2,24,26)(H,25,27)(H,28,29)/p-1. The first-order valence-electron chi connectivity index (χ1n) is 10.3. The molecule has 1 aliphatic carbocycles. The van der Waals surface area contributed by atoms with E-state index in [-0.39, 0.29) is 5.56 Å². The minimum absolute atomic E-state index is 0.268. The Morgan fingerprint density at radius 1 is 1.10 bits per heavy atom. The van der Waals surface area contributed by atoms with Crippen LogP contribution in [0.5, 0.6) is 0 Å². The number of anilines is 1. The number of hydrogen-bond acceptors (Lipinski definition) is 5. The first-order valence-corrected chi connectivity index (χ1v) is 11.1. The van der Waals surface area contributed by atoms with Crippen molar-refractivity contribution in [2.45, 2.75) is 52.4 Å². The molecule has 1 aliphatic rings. The van der Waals surface area contributed by atoms with E-state index in [0.29, 0.717) is 29.3 Å². The Morgan fingerprint density at radius 3 is 2.23 bits per heavy atom. The molecule has 0 aliphatic heterocycles. The van der Waals surface area contributed by atoms with Gasteiger partial charge in [0.25, 0.3) is 5.91 Å². The third-order valence-corrected chi connectivity index (χ3v) is 6.86. The third-order valence-electron chi connectivity index (χ3n) is 5.84. The molecule has 0 saturated heterocycles. The van der Waals surface area contributed by atoms with Crippen molar-refractivity contribution in [3.8, 4) is 11.1 Å². The summed E-state index contributed by atoms with van der Waals surface area (Å²) < 4.78 is 0. The largest absolute Gasteiger partial charge is 0.550 e. The van der Waals surface area contributed by atoms with E-state index in [1.807, 2.05) is 31.2 Å². The highest BCUT2D eigenvalue weighted by Gasteiger charge is 2.33. The molecule has 0 bridgehead atoms. The number of rotatable bonds is 6. The van der Waals surface area contributed by atoms with Crippen molar-refractivity contribution in [2.24, 2.45) is 17.6 Å². The fourth-order valence-electron chi connectivity index (χ4n) is 4.18. The molecule has 1 fully saturated rings. The number of thiophene rings is 1. The van der Waals surface area contributed by atoms with Gasteiger partial charge in [-0.05, 0) is 36.8 Å². The van der Waals surface area contributed by atoms with Gasteiger partial charge >= 0.3 is 0 Å². The van der Waals surface area contributed by atoms with Crippen molar-refractivity contribution in [3.63, 3.8) is 0 Å². The highest BCUT2D eigenvalue weighted by atomic mass is 32.1. The molecule has 1 aromatic carbocycles. The molecule has 6 nitrogen and oxygen atoms in total. The van der Waals surface area contributed by atoms with Gasteiger partial charge in [-0.1, -0.05) is 51.0 Å². The summed E-state index contributed by atoms with van der Waals surface area (Å²) in [7, 11) is 0.